The fourth-order valence-corrected chi connectivity index (χ4v) is 1.11. The third-order valence-electron chi connectivity index (χ3n) is 1.65. The summed E-state index contributed by atoms with van der Waals surface area (Å²) in [5.74, 6) is 0. The number of hydrogen-bond donors (Lipinski definition) is 2. The molecule has 1 heterocycles. The highest BCUT2D eigenvalue weighted by atomic mass is 16.7. The first kappa shape index (κ1) is 8.93. The number of hydroxylamine groups is 2. The fraction of sp³-hybridized carbons (Fsp3) is 1.00. The Labute approximate surface area is 67.6 Å². The van der Waals surface area contributed by atoms with Gasteiger partial charge in [0.2, 0.25) is 0 Å². The summed E-state index contributed by atoms with van der Waals surface area (Å²) >= 11 is 0. The molecule has 0 saturated carbocycles. The Bertz CT molecular complexity index is 104. The van der Waals surface area contributed by atoms with Crippen LogP contribution >= 0.6 is 0 Å². The highest BCUT2D eigenvalue weighted by Gasteiger charge is 2.22. The Hall–Kier alpha value is -0.160. The quantitative estimate of drug-likeness (QED) is 0.514. The first-order chi connectivity index (χ1) is 5.33. The first-order valence-electron chi connectivity index (χ1n) is 4.15. The molecular weight excluding hydrogens is 142 g/mol. The summed E-state index contributed by atoms with van der Waals surface area (Å²) in [6.07, 6.45) is 0.421. The number of rotatable bonds is 5. The van der Waals surface area contributed by atoms with Gasteiger partial charge in [-0.3, -0.25) is 4.84 Å². The molecule has 1 unspecified atom stereocenters. The lowest BCUT2D eigenvalue weighted by Crippen LogP contribution is -2.49. The van der Waals surface area contributed by atoms with Gasteiger partial charge in [-0.25, -0.2) is 0 Å². The van der Waals surface area contributed by atoms with Crippen LogP contribution in [0.1, 0.15) is 6.92 Å². The zero-order valence-electron chi connectivity index (χ0n) is 7.05. The Balaban J connectivity index is 1.81. The molecule has 0 amide bonds. The Kier molecular flexibility index (Phi) is 3.79. The average molecular weight is 159 g/mol. The van der Waals surface area contributed by atoms with Gasteiger partial charge in [-0.2, -0.15) is 5.06 Å². The van der Waals surface area contributed by atoms with Crippen molar-refractivity contribution in [2.45, 2.75) is 13.0 Å². The van der Waals surface area contributed by atoms with E-state index in [9.17, 15) is 0 Å². The average Bonchev–Trinajstić information content (AvgIpc) is 1.94. The van der Waals surface area contributed by atoms with E-state index in [1.165, 1.54) is 0 Å². The normalized spacial score (nSPS) is 25.1. The standard InChI is InChI=1S/C7H17N3O/c1-7-6-10(11-7)5-4-9-3-2-8/h7,9H,2-6,8H2,1H3. The van der Waals surface area contributed by atoms with Crippen LogP contribution in [0.3, 0.4) is 0 Å². The van der Waals surface area contributed by atoms with Crippen LogP contribution in [-0.4, -0.2) is 43.9 Å². The molecule has 0 aromatic carbocycles. The number of hydrogen-bond acceptors (Lipinski definition) is 4. The molecule has 4 heteroatoms. The molecule has 66 valence electrons. The van der Waals surface area contributed by atoms with Gasteiger partial charge in [-0.15, -0.1) is 0 Å². The van der Waals surface area contributed by atoms with Crippen molar-refractivity contribution in [2.24, 2.45) is 5.73 Å². The summed E-state index contributed by atoms with van der Waals surface area (Å²) < 4.78 is 0. The van der Waals surface area contributed by atoms with Crippen LogP contribution in [0.4, 0.5) is 0 Å². The van der Waals surface area contributed by atoms with Crippen LogP contribution in [0.5, 0.6) is 0 Å². The van der Waals surface area contributed by atoms with E-state index in [0.717, 1.165) is 26.2 Å². The molecule has 0 spiro atoms. The molecule has 1 aliphatic rings. The lowest BCUT2D eigenvalue weighted by atomic mass is 10.3. The summed E-state index contributed by atoms with van der Waals surface area (Å²) in [6, 6.07) is 0. The summed E-state index contributed by atoms with van der Waals surface area (Å²) in [5, 5.41) is 5.17. The van der Waals surface area contributed by atoms with E-state index in [1.54, 1.807) is 0 Å². The molecule has 1 saturated heterocycles. The predicted octanol–water partition coefficient (Wildman–Crippen LogP) is -0.830. The smallest absolute Gasteiger partial charge is 0.0915 e. The molecule has 1 rings (SSSR count). The second kappa shape index (κ2) is 4.66. The van der Waals surface area contributed by atoms with Crippen LogP contribution in [0.15, 0.2) is 0 Å². The van der Waals surface area contributed by atoms with Crippen LogP contribution in [0.2, 0.25) is 0 Å². The van der Waals surface area contributed by atoms with Crippen molar-refractivity contribution in [2.75, 3.05) is 32.7 Å². The highest BCUT2D eigenvalue weighted by Crippen LogP contribution is 2.09. The van der Waals surface area contributed by atoms with Gasteiger partial charge in [0.15, 0.2) is 0 Å². The largest absolute Gasteiger partial charge is 0.329 e. The first-order valence-corrected chi connectivity index (χ1v) is 4.15. The van der Waals surface area contributed by atoms with Gasteiger partial charge in [0.25, 0.3) is 0 Å². The minimum atomic E-state index is 0.421. The summed E-state index contributed by atoms with van der Waals surface area (Å²) in [7, 11) is 0. The Morgan fingerprint density at radius 3 is 2.91 bits per heavy atom. The SMILES string of the molecule is CC1CN(CCNCCN)O1. The molecule has 1 fully saturated rings. The summed E-state index contributed by atoms with van der Waals surface area (Å²) in [6.45, 7) is 6.66. The third kappa shape index (κ3) is 3.16. The number of nitrogens with two attached hydrogens (primary N) is 1. The molecular formula is C7H17N3O. The van der Waals surface area contributed by atoms with Crippen molar-refractivity contribution in [3.05, 3.63) is 0 Å². The second-order valence-electron chi connectivity index (χ2n) is 2.84. The van der Waals surface area contributed by atoms with Crippen molar-refractivity contribution in [1.82, 2.24) is 10.4 Å². The van der Waals surface area contributed by atoms with E-state index in [-0.39, 0.29) is 0 Å². The van der Waals surface area contributed by atoms with Crippen molar-refractivity contribution in [3.8, 4) is 0 Å². The van der Waals surface area contributed by atoms with Crippen LogP contribution in [-0.2, 0) is 4.84 Å². The molecule has 1 atom stereocenters. The predicted molar refractivity (Wildman–Crippen MR) is 44.0 cm³/mol. The monoisotopic (exact) mass is 159 g/mol. The summed E-state index contributed by atoms with van der Waals surface area (Å²) in [5.41, 5.74) is 5.31. The van der Waals surface area contributed by atoms with Crippen LogP contribution in [0, 0.1) is 0 Å². The molecule has 4 nitrogen and oxygen atoms in total. The zero-order valence-corrected chi connectivity index (χ0v) is 7.05. The second-order valence-corrected chi connectivity index (χ2v) is 2.84. The lowest BCUT2D eigenvalue weighted by Gasteiger charge is -2.36. The maximum atomic E-state index is 5.31. The highest BCUT2D eigenvalue weighted by molar-refractivity contribution is 4.64. The van der Waals surface area contributed by atoms with E-state index in [2.05, 4.69) is 12.2 Å². The Morgan fingerprint density at radius 2 is 2.36 bits per heavy atom. The van der Waals surface area contributed by atoms with Gasteiger partial charge in [-0.05, 0) is 6.92 Å². The molecule has 0 aliphatic carbocycles. The molecule has 1 aliphatic heterocycles. The zero-order chi connectivity index (χ0) is 8.10. The van der Waals surface area contributed by atoms with Gasteiger partial charge in [0.05, 0.1) is 12.6 Å². The molecule has 0 aromatic heterocycles. The van der Waals surface area contributed by atoms with Crippen molar-refractivity contribution < 1.29 is 4.84 Å². The maximum Gasteiger partial charge on any atom is 0.0915 e. The van der Waals surface area contributed by atoms with Crippen molar-refractivity contribution in [3.63, 3.8) is 0 Å². The molecule has 0 bridgehead atoms. The maximum absolute atomic E-state index is 5.31. The van der Waals surface area contributed by atoms with E-state index < -0.39 is 0 Å². The van der Waals surface area contributed by atoms with Gasteiger partial charge >= 0.3 is 0 Å². The van der Waals surface area contributed by atoms with Crippen LogP contribution < -0.4 is 11.1 Å². The minimum absolute atomic E-state index is 0.421. The van der Waals surface area contributed by atoms with Gasteiger partial charge in [-0.1, -0.05) is 0 Å². The summed E-state index contributed by atoms with van der Waals surface area (Å²) in [4.78, 5) is 5.28. The topological polar surface area (TPSA) is 50.5 Å². The molecule has 3 N–H and O–H groups in total. The number of nitrogens with zero attached hydrogens (tertiary/aromatic N) is 1. The van der Waals surface area contributed by atoms with Crippen molar-refractivity contribution in [1.29, 1.82) is 0 Å². The Morgan fingerprint density at radius 1 is 1.64 bits per heavy atom. The molecule has 11 heavy (non-hydrogen) atoms. The fourth-order valence-electron chi connectivity index (χ4n) is 1.11. The van der Waals surface area contributed by atoms with Gasteiger partial charge in [0, 0.05) is 26.2 Å². The number of nitrogens with one attached hydrogen (secondary N) is 1. The van der Waals surface area contributed by atoms with E-state index >= 15 is 0 Å². The molecule has 0 radical (unpaired) electrons. The molecule has 0 aromatic rings. The van der Waals surface area contributed by atoms with E-state index in [4.69, 9.17) is 10.6 Å². The van der Waals surface area contributed by atoms with Crippen molar-refractivity contribution >= 4 is 0 Å². The van der Waals surface area contributed by atoms with Gasteiger partial charge in [0.1, 0.15) is 0 Å². The van der Waals surface area contributed by atoms with Crippen LogP contribution in [0.25, 0.3) is 0 Å². The third-order valence-corrected chi connectivity index (χ3v) is 1.65. The van der Waals surface area contributed by atoms with E-state index in [0.29, 0.717) is 12.6 Å². The minimum Gasteiger partial charge on any atom is -0.329 e. The van der Waals surface area contributed by atoms with E-state index in [1.807, 2.05) is 5.06 Å². The van der Waals surface area contributed by atoms with Gasteiger partial charge < -0.3 is 11.1 Å². The lowest BCUT2D eigenvalue weighted by molar-refractivity contribution is -0.288.